The fourth-order valence-corrected chi connectivity index (χ4v) is 2.58. The zero-order chi connectivity index (χ0) is 10.7. The van der Waals surface area contributed by atoms with Crippen molar-refractivity contribution >= 4 is 28.9 Å². The van der Waals surface area contributed by atoms with Crippen molar-refractivity contribution in [2.24, 2.45) is 0 Å². The van der Waals surface area contributed by atoms with Gasteiger partial charge in [-0.3, -0.25) is 0 Å². The number of thioether (sulfide) groups is 1. The van der Waals surface area contributed by atoms with Gasteiger partial charge < -0.3 is 5.73 Å². The first kappa shape index (κ1) is 10.4. The molecule has 0 saturated carbocycles. The van der Waals surface area contributed by atoms with E-state index in [1.54, 1.807) is 29.3 Å². The van der Waals surface area contributed by atoms with E-state index in [1.807, 2.05) is 19.1 Å². The summed E-state index contributed by atoms with van der Waals surface area (Å²) in [6.45, 7) is 2.02. The van der Waals surface area contributed by atoms with Gasteiger partial charge in [0, 0.05) is 22.2 Å². The average molecular weight is 237 g/mol. The predicted molar refractivity (Wildman–Crippen MR) is 65.1 cm³/mol. The van der Waals surface area contributed by atoms with Crippen molar-refractivity contribution in [3.63, 3.8) is 0 Å². The van der Waals surface area contributed by atoms with E-state index in [0.29, 0.717) is 5.82 Å². The van der Waals surface area contributed by atoms with Crippen LogP contribution >= 0.6 is 23.1 Å². The number of hydrogen-bond donors (Lipinski definition) is 1. The van der Waals surface area contributed by atoms with E-state index in [-0.39, 0.29) is 0 Å². The number of nitrogens with two attached hydrogens (primary N) is 1. The Balaban J connectivity index is 1.96. The third-order valence-electron chi connectivity index (χ3n) is 1.81. The Bertz CT molecular complexity index is 436. The first-order valence-corrected chi connectivity index (χ1v) is 6.36. The minimum absolute atomic E-state index is 0.559. The third kappa shape index (κ3) is 2.94. The molecule has 0 amide bonds. The molecule has 2 aromatic rings. The Hall–Kier alpha value is -1.07. The van der Waals surface area contributed by atoms with Crippen molar-refractivity contribution in [2.45, 2.75) is 17.6 Å². The lowest BCUT2D eigenvalue weighted by Gasteiger charge is -1.98. The molecule has 0 unspecified atom stereocenters. The first-order valence-electron chi connectivity index (χ1n) is 4.49. The molecule has 0 saturated heterocycles. The summed E-state index contributed by atoms with van der Waals surface area (Å²) in [5.74, 6) is 1.44. The fraction of sp³-hybridized carbons (Fsp3) is 0.200. The van der Waals surface area contributed by atoms with Crippen LogP contribution in [0.2, 0.25) is 0 Å². The molecule has 3 nitrogen and oxygen atoms in total. The van der Waals surface area contributed by atoms with Crippen molar-refractivity contribution in [3.05, 3.63) is 34.4 Å². The third-order valence-corrected chi connectivity index (χ3v) is 3.65. The smallest absolute Gasteiger partial charge is 0.123 e. The highest BCUT2D eigenvalue weighted by molar-refractivity contribution is 7.98. The summed E-state index contributed by atoms with van der Waals surface area (Å²) in [4.78, 5) is 9.55. The van der Waals surface area contributed by atoms with Crippen molar-refractivity contribution in [1.82, 2.24) is 9.97 Å². The number of aryl methyl sites for hydroxylation is 1. The van der Waals surface area contributed by atoms with Gasteiger partial charge in [0.15, 0.2) is 0 Å². The first-order chi connectivity index (χ1) is 7.24. The molecule has 0 fully saturated rings. The second-order valence-electron chi connectivity index (χ2n) is 3.07. The van der Waals surface area contributed by atoms with Crippen LogP contribution in [-0.4, -0.2) is 9.97 Å². The molecule has 0 aliphatic carbocycles. The van der Waals surface area contributed by atoms with Crippen LogP contribution in [0.25, 0.3) is 0 Å². The maximum atomic E-state index is 5.51. The van der Waals surface area contributed by atoms with Crippen molar-refractivity contribution in [2.75, 3.05) is 5.73 Å². The molecule has 0 aliphatic rings. The van der Waals surface area contributed by atoms with Gasteiger partial charge in [0.1, 0.15) is 5.82 Å². The second kappa shape index (κ2) is 4.63. The Morgan fingerprint density at radius 2 is 2.33 bits per heavy atom. The van der Waals surface area contributed by atoms with Crippen LogP contribution in [0.15, 0.2) is 28.6 Å². The monoisotopic (exact) mass is 237 g/mol. The topological polar surface area (TPSA) is 51.8 Å². The quantitative estimate of drug-likeness (QED) is 0.834. The Morgan fingerprint density at radius 3 is 2.93 bits per heavy atom. The lowest BCUT2D eigenvalue weighted by atomic mass is 10.5. The van der Waals surface area contributed by atoms with Crippen LogP contribution in [-0.2, 0) is 5.75 Å². The molecule has 0 radical (unpaired) electrons. The van der Waals surface area contributed by atoms with Gasteiger partial charge >= 0.3 is 0 Å². The number of nitrogen functional groups attached to an aromatic ring is 1. The molecule has 0 bridgehead atoms. The van der Waals surface area contributed by atoms with E-state index in [2.05, 4.69) is 15.3 Å². The summed E-state index contributed by atoms with van der Waals surface area (Å²) in [6.07, 6.45) is 1.79. The van der Waals surface area contributed by atoms with Crippen LogP contribution in [0.1, 0.15) is 10.7 Å². The Kier molecular flexibility index (Phi) is 3.23. The summed E-state index contributed by atoms with van der Waals surface area (Å²) in [6, 6.07) is 3.79. The number of rotatable bonds is 3. The van der Waals surface area contributed by atoms with Gasteiger partial charge in [-0.05, 0) is 19.1 Å². The van der Waals surface area contributed by atoms with Crippen LogP contribution in [0.3, 0.4) is 0 Å². The fourth-order valence-electron chi connectivity index (χ4n) is 1.11. The minimum Gasteiger partial charge on any atom is -0.384 e. The van der Waals surface area contributed by atoms with Gasteiger partial charge in [0.25, 0.3) is 0 Å². The number of pyridine rings is 1. The SMILES string of the molecule is Cc1nc(CSc2ccc(N)nc2)cs1. The van der Waals surface area contributed by atoms with Crippen molar-refractivity contribution in [3.8, 4) is 0 Å². The molecule has 2 rings (SSSR count). The summed E-state index contributed by atoms with van der Waals surface area (Å²) in [5.41, 5.74) is 6.63. The standard InChI is InChI=1S/C10H11N3S2/c1-7-13-8(5-14-7)6-15-9-2-3-10(11)12-4-9/h2-5H,6H2,1H3,(H2,11,12). The van der Waals surface area contributed by atoms with Gasteiger partial charge in [-0.25, -0.2) is 9.97 Å². The van der Waals surface area contributed by atoms with Crippen molar-refractivity contribution < 1.29 is 0 Å². The van der Waals surface area contributed by atoms with E-state index in [9.17, 15) is 0 Å². The van der Waals surface area contributed by atoms with Crippen LogP contribution in [0.4, 0.5) is 5.82 Å². The molecule has 2 heterocycles. The molecular formula is C10H11N3S2. The number of thiazole rings is 1. The number of anilines is 1. The van der Waals surface area contributed by atoms with Gasteiger partial charge in [-0.2, -0.15) is 0 Å². The summed E-state index contributed by atoms with van der Waals surface area (Å²) < 4.78 is 0. The van der Waals surface area contributed by atoms with Crippen LogP contribution < -0.4 is 5.73 Å². The molecule has 15 heavy (non-hydrogen) atoms. The highest BCUT2D eigenvalue weighted by Gasteiger charge is 2.00. The van der Waals surface area contributed by atoms with E-state index >= 15 is 0 Å². The zero-order valence-electron chi connectivity index (χ0n) is 8.30. The van der Waals surface area contributed by atoms with E-state index in [4.69, 9.17) is 5.73 Å². The highest BCUT2D eigenvalue weighted by atomic mass is 32.2. The second-order valence-corrected chi connectivity index (χ2v) is 5.18. The molecule has 0 atom stereocenters. The normalized spacial score (nSPS) is 10.5. The highest BCUT2D eigenvalue weighted by Crippen LogP contribution is 2.23. The molecule has 2 aromatic heterocycles. The van der Waals surface area contributed by atoms with Gasteiger partial charge in [0.2, 0.25) is 0 Å². The van der Waals surface area contributed by atoms with Crippen LogP contribution in [0, 0.1) is 6.92 Å². The molecule has 0 spiro atoms. The largest absolute Gasteiger partial charge is 0.384 e. The lowest BCUT2D eigenvalue weighted by molar-refractivity contribution is 1.17. The van der Waals surface area contributed by atoms with E-state index in [0.717, 1.165) is 21.3 Å². The summed E-state index contributed by atoms with van der Waals surface area (Å²) in [7, 11) is 0. The molecule has 78 valence electrons. The summed E-state index contributed by atoms with van der Waals surface area (Å²) in [5, 5.41) is 3.20. The molecule has 0 aliphatic heterocycles. The Labute approximate surface area is 96.8 Å². The molecule has 2 N–H and O–H groups in total. The molecular weight excluding hydrogens is 226 g/mol. The zero-order valence-corrected chi connectivity index (χ0v) is 9.94. The van der Waals surface area contributed by atoms with Crippen molar-refractivity contribution in [1.29, 1.82) is 0 Å². The van der Waals surface area contributed by atoms with E-state index in [1.165, 1.54) is 0 Å². The predicted octanol–water partition coefficient (Wildman–Crippen LogP) is 2.72. The summed E-state index contributed by atoms with van der Waals surface area (Å²) >= 11 is 3.40. The lowest BCUT2D eigenvalue weighted by Crippen LogP contribution is -1.88. The van der Waals surface area contributed by atoms with E-state index < -0.39 is 0 Å². The average Bonchev–Trinajstić information content (AvgIpc) is 2.64. The minimum atomic E-state index is 0.559. The number of aromatic nitrogens is 2. The van der Waals surface area contributed by atoms with Gasteiger partial charge in [-0.1, -0.05) is 0 Å². The van der Waals surface area contributed by atoms with Crippen LogP contribution in [0.5, 0.6) is 0 Å². The molecule has 0 aromatic carbocycles. The maximum Gasteiger partial charge on any atom is 0.123 e. The number of hydrogen-bond acceptors (Lipinski definition) is 5. The molecule has 5 heteroatoms. The van der Waals surface area contributed by atoms with Gasteiger partial charge in [0.05, 0.1) is 10.7 Å². The number of nitrogens with zero attached hydrogens (tertiary/aromatic N) is 2. The maximum absolute atomic E-state index is 5.51. The Morgan fingerprint density at radius 1 is 1.47 bits per heavy atom. The van der Waals surface area contributed by atoms with Gasteiger partial charge in [-0.15, -0.1) is 23.1 Å².